The number of nitrogens with zero attached hydrogens (tertiary/aromatic N) is 1. The Labute approximate surface area is 157 Å². The van der Waals surface area contributed by atoms with Crippen molar-refractivity contribution >= 4 is 17.6 Å². The molecule has 0 fully saturated rings. The summed E-state index contributed by atoms with van der Waals surface area (Å²) in [4.78, 5) is 34.4. The van der Waals surface area contributed by atoms with Gasteiger partial charge in [0.05, 0.1) is 22.7 Å². The molecule has 0 aliphatic heterocycles. The summed E-state index contributed by atoms with van der Waals surface area (Å²) in [6.07, 6.45) is 4.02. The van der Waals surface area contributed by atoms with Gasteiger partial charge in [-0.1, -0.05) is 32.3 Å². The SMILES string of the molecule is CCCCCCOC(=O)c1cccc(C(=O)Oc2ccc([N+](=O)[O-])cc2)c1. The predicted molar refractivity (Wildman–Crippen MR) is 98.9 cm³/mol. The van der Waals surface area contributed by atoms with Crippen molar-refractivity contribution in [2.45, 2.75) is 32.6 Å². The van der Waals surface area contributed by atoms with Crippen LogP contribution in [0.15, 0.2) is 48.5 Å². The van der Waals surface area contributed by atoms with E-state index in [-0.39, 0.29) is 22.6 Å². The maximum absolute atomic E-state index is 12.2. The molecule has 0 bridgehead atoms. The first-order valence-corrected chi connectivity index (χ1v) is 8.75. The van der Waals surface area contributed by atoms with Gasteiger partial charge in [0.2, 0.25) is 0 Å². The smallest absolute Gasteiger partial charge is 0.343 e. The molecule has 0 aliphatic carbocycles. The molecular formula is C20H21NO6. The molecule has 0 amide bonds. The fraction of sp³-hybridized carbons (Fsp3) is 0.300. The lowest BCUT2D eigenvalue weighted by atomic mass is 10.1. The number of rotatable bonds is 9. The Kier molecular flexibility index (Phi) is 7.49. The number of hydrogen-bond acceptors (Lipinski definition) is 6. The predicted octanol–water partition coefficient (Wildman–Crippen LogP) is 4.55. The molecule has 0 N–H and O–H groups in total. The maximum Gasteiger partial charge on any atom is 0.343 e. The normalized spacial score (nSPS) is 10.3. The van der Waals surface area contributed by atoms with Crippen molar-refractivity contribution in [1.82, 2.24) is 0 Å². The minimum absolute atomic E-state index is 0.0986. The number of benzene rings is 2. The molecule has 7 nitrogen and oxygen atoms in total. The lowest BCUT2D eigenvalue weighted by Gasteiger charge is -2.07. The molecule has 0 spiro atoms. The molecule has 142 valence electrons. The number of nitro benzene ring substituents is 1. The molecule has 0 saturated carbocycles. The van der Waals surface area contributed by atoms with Crippen molar-refractivity contribution < 1.29 is 24.0 Å². The molecule has 0 saturated heterocycles. The van der Waals surface area contributed by atoms with E-state index in [0.29, 0.717) is 6.61 Å². The molecule has 0 aliphatic rings. The van der Waals surface area contributed by atoms with Crippen LogP contribution in [-0.2, 0) is 4.74 Å². The first kappa shape index (κ1) is 20.1. The van der Waals surface area contributed by atoms with Crippen LogP contribution in [0.5, 0.6) is 5.75 Å². The Morgan fingerprint density at radius 2 is 1.63 bits per heavy atom. The highest BCUT2D eigenvalue weighted by molar-refractivity contribution is 5.96. The Hall–Kier alpha value is -3.22. The summed E-state index contributed by atoms with van der Waals surface area (Å²) in [5.41, 5.74) is 0.357. The van der Waals surface area contributed by atoms with Gasteiger partial charge in [-0.05, 0) is 36.8 Å². The van der Waals surface area contributed by atoms with Crippen LogP contribution in [0.25, 0.3) is 0 Å². The van der Waals surface area contributed by atoms with Gasteiger partial charge in [-0.25, -0.2) is 9.59 Å². The molecular weight excluding hydrogens is 350 g/mol. The van der Waals surface area contributed by atoms with E-state index < -0.39 is 16.9 Å². The van der Waals surface area contributed by atoms with Crippen molar-refractivity contribution in [2.24, 2.45) is 0 Å². The Bertz CT molecular complexity index is 800. The second-order valence-corrected chi connectivity index (χ2v) is 5.92. The zero-order valence-electron chi connectivity index (χ0n) is 15.1. The van der Waals surface area contributed by atoms with Crippen molar-refractivity contribution in [3.8, 4) is 5.75 Å². The van der Waals surface area contributed by atoms with Crippen LogP contribution in [0.4, 0.5) is 5.69 Å². The van der Waals surface area contributed by atoms with Gasteiger partial charge in [-0.2, -0.15) is 0 Å². The minimum atomic E-state index is -0.665. The monoisotopic (exact) mass is 371 g/mol. The highest BCUT2D eigenvalue weighted by atomic mass is 16.6. The first-order valence-electron chi connectivity index (χ1n) is 8.75. The third-order valence-corrected chi connectivity index (χ3v) is 3.82. The average Bonchev–Trinajstić information content (AvgIpc) is 2.68. The third-order valence-electron chi connectivity index (χ3n) is 3.82. The molecule has 27 heavy (non-hydrogen) atoms. The minimum Gasteiger partial charge on any atom is -0.462 e. The third kappa shape index (κ3) is 6.22. The number of carbonyl (C=O) groups is 2. The zero-order valence-corrected chi connectivity index (χ0v) is 15.1. The average molecular weight is 371 g/mol. The lowest BCUT2D eigenvalue weighted by molar-refractivity contribution is -0.384. The molecule has 2 aromatic carbocycles. The van der Waals surface area contributed by atoms with E-state index in [1.165, 1.54) is 36.4 Å². The van der Waals surface area contributed by atoms with Gasteiger partial charge in [0.15, 0.2) is 0 Å². The van der Waals surface area contributed by atoms with Gasteiger partial charge < -0.3 is 9.47 Å². The van der Waals surface area contributed by atoms with Gasteiger partial charge in [0, 0.05) is 12.1 Å². The van der Waals surface area contributed by atoms with Gasteiger partial charge in [-0.15, -0.1) is 0 Å². The van der Waals surface area contributed by atoms with Crippen LogP contribution in [0.1, 0.15) is 53.3 Å². The van der Waals surface area contributed by atoms with Crippen molar-refractivity contribution in [3.63, 3.8) is 0 Å². The van der Waals surface area contributed by atoms with E-state index in [0.717, 1.165) is 25.7 Å². The summed E-state index contributed by atoms with van der Waals surface area (Å²) in [6, 6.07) is 11.2. The molecule has 7 heteroatoms. The van der Waals surface area contributed by atoms with Crippen molar-refractivity contribution in [2.75, 3.05) is 6.61 Å². The largest absolute Gasteiger partial charge is 0.462 e. The lowest BCUT2D eigenvalue weighted by Crippen LogP contribution is -2.11. The summed E-state index contributed by atoms with van der Waals surface area (Å²) < 4.78 is 10.4. The molecule has 0 aromatic heterocycles. The van der Waals surface area contributed by atoms with E-state index in [1.807, 2.05) is 0 Å². The fourth-order valence-corrected chi connectivity index (χ4v) is 2.35. The summed E-state index contributed by atoms with van der Waals surface area (Å²) >= 11 is 0. The quantitative estimate of drug-likeness (QED) is 0.211. The Morgan fingerprint density at radius 1 is 0.963 bits per heavy atom. The van der Waals surface area contributed by atoms with E-state index in [1.54, 1.807) is 12.1 Å². The zero-order chi connectivity index (χ0) is 19.6. The van der Waals surface area contributed by atoms with Crippen molar-refractivity contribution in [1.29, 1.82) is 0 Å². The van der Waals surface area contributed by atoms with Gasteiger partial charge >= 0.3 is 11.9 Å². The highest BCUT2D eigenvalue weighted by Crippen LogP contribution is 2.19. The van der Waals surface area contributed by atoms with Crippen LogP contribution in [0, 0.1) is 10.1 Å². The molecule has 0 heterocycles. The maximum atomic E-state index is 12.2. The number of unbranched alkanes of at least 4 members (excludes halogenated alkanes) is 3. The van der Waals surface area contributed by atoms with Crippen LogP contribution >= 0.6 is 0 Å². The van der Waals surface area contributed by atoms with Crippen LogP contribution < -0.4 is 4.74 Å². The summed E-state index contributed by atoms with van der Waals surface area (Å²) in [5, 5.41) is 10.6. The fourth-order valence-electron chi connectivity index (χ4n) is 2.35. The van der Waals surface area contributed by atoms with Crippen LogP contribution in [0.2, 0.25) is 0 Å². The molecule has 2 aromatic rings. The van der Waals surface area contributed by atoms with E-state index in [2.05, 4.69) is 6.92 Å². The van der Waals surface area contributed by atoms with Crippen LogP contribution in [0.3, 0.4) is 0 Å². The summed E-state index contributed by atoms with van der Waals surface area (Å²) in [6.45, 7) is 2.45. The van der Waals surface area contributed by atoms with Gasteiger partial charge in [0.25, 0.3) is 5.69 Å². The topological polar surface area (TPSA) is 95.7 Å². The standard InChI is InChI=1S/C20H21NO6/c1-2-3-4-5-13-26-19(22)15-7-6-8-16(14-15)20(23)27-18-11-9-17(10-12-18)21(24)25/h6-12,14H,2-5,13H2,1H3. The Balaban J connectivity index is 1.96. The molecule has 0 atom stereocenters. The Morgan fingerprint density at radius 3 is 2.26 bits per heavy atom. The summed E-state index contributed by atoms with van der Waals surface area (Å²) in [5.74, 6) is -0.979. The van der Waals surface area contributed by atoms with Crippen molar-refractivity contribution in [3.05, 3.63) is 69.8 Å². The van der Waals surface area contributed by atoms with Crippen LogP contribution in [-0.4, -0.2) is 23.5 Å². The van der Waals surface area contributed by atoms with E-state index in [4.69, 9.17) is 9.47 Å². The number of esters is 2. The number of non-ortho nitro benzene ring substituents is 1. The molecule has 0 radical (unpaired) electrons. The van der Waals surface area contributed by atoms with Gasteiger partial charge in [0.1, 0.15) is 5.75 Å². The highest BCUT2D eigenvalue weighted by Gasteiger charge is 2.14. The summed E-state index contributed by atoms with van der Waals surface area (Å²) in [7, 11) is 0. The number of hydrogen-bond donors (Lipinski definition) is 0. The molecule has 2 rings (SSSR count). The first-order chi connectivity index (χ1) is 13.0. The van der Waals surface area contributed by atoms with E-state index in [9.17, 15) is 19.7 Å². The van der Waals surface area contributed by atoms with Gasteiger partial charge in [-0.3, -0.25) is 10.1 Å². The van der Waals surface area contributed by atoms with E-state index >= 15 is 0 Å². The number of carbonyl (C=O) groups excluding carboxylic acids is 2. The second-order valence-electron chi connectivity index (χ2n) is 5.92. The molecule has 0 unspecified atom stereocenters. The number of ether oxygens (including phenoxy) is 2. The second kappa shape index (κ2) is 10.1. The number of nitro groups is 1.